The van der Waals surface area contributed by atoms with Crippen LogP contribution in [0.5, 0.6) is 0 Å². The predicted octanol–water partition coefficient (Wildman–Crippen LogP) is 1.69. The summed E-state index contributed by atoms with van der Waals surface area (Å²) < 4.78 is 0. The predicted molar refractivity (Wildman–Crippen MR) is 88.8 cm³/mol. The second-order valence-corrected chi connectivity index (χ2v) is 4.43. The topological polar surface area (TPSA) is 44.4 Å². The average molecular weight is 322 g/mol. The van der Waals surface area contributed by atoms with Crippen molar-refractivity contribution in [3.8, 4) is 0 Å². The van der Waals surface area contributed by atoms with E-state index in [9.17, 15) is 4.79 Å². The molecule has 0 heterocycles. The first-order chi connectivity index (χ1) is 8.72. The van der Waals surface area contributed by atoms with Crippen molar-refractivity contribution in [2.24, 2.45) is 0 Å². The van der Waals surface area contributed by atoms with E-state index in [2.05, 4.69) is 34.7 Å². The molecule has 1 aromatic rings. The quantitative estimate of drug-likeness (QED) is 0.765. The van der Waals surface area contributed by atoms with Crippen molar-refractivity contribution in [3.05, 3.63) is 35.9 Å². The molecule has 0 spiro atoms. The molecular weight excluding hydrogens is 297 g/mol. The molecule has 4 nitrogen and oxygen atoms in total. The number of rotatable bonds is 8. The summed E-state index contributed by atoms with van der Waals surface area (Å²) in [7, 11) is 3.91. The van der Waals surface area contributed by atoms with E-state index >= 15 is 0 Å². The SMILES string of the molecule is CNCCC(=O)NCCN(C)Cc1ccccc1.Cl.Cl. The molecule has 0 saturated heterocycles. The molecule has 0 aliphatic carbocycles. The normalized spacial score (nSPS) is 9.55. The Morgan fingerprint density at radius 1 is 1.15 bits per heavy atom. The largest absolute Gasteiger partial charge is 0.355 e. The zero-order valence-corrected chi connectivity index (χ0v) is 13.7. The van der Waals surface area contributed by atoms with Crippen LogP contribution in [-0.4, -0.2) is 44.5 Å². The molecule has 0 radical (unpaired) electrons. The monoisotopic (exact) mass is 321 g/mol. The van der Waals surface area contributed by atoms with Crippen molar-refractivity contribution in [1.82, 2.24) is 15.5 Å². The van der Waals surface area contributed by atoms with Crippen molar-refractivity contribution in [3.63, 3.8) is 0 Å². The van der Waals surface area contributed by atoms with Crippen LogP contribution in [0.25, 0.3) is 0 Å². The van der Waals surface area contributed by atoms with Crippen LogP contribution in [0.2, 0.25) is 0 Å². The maximum Gasteiger partial charge on any atom is 0.221 e. The first-order valence-corrected chi connectivity index (χ1v) is 6.36. The summed E-state index contributed by atoms with van der Waals surface area (Å²) in [6, 6.07) is 10.3. The number of benzene rings is 1. The Hall–Kier alpha value is -0.810. The highest BCUT2D eigenvalue weighted by atomic mass is 35.5. The number of hydrogen-bond donors (Lipinski definition) is 2. The summed E-state index contributed by atoms with van der Waals surface area (Å²) in [5.41, 5.74) is 1.29. The van der Waals surface area contributed by atoms with E-state index in [1.165, 1.54) is 5.56 Å². The Balaban J connectivity index is 0. The smallest absolute Gasteiger partial charge is 0.221 e. The molecule has 1 amide bonds. The molecule has 6 heteroatoms. The summed E-state index contributed by atoms with van der Waals surface area (Å²) >= 11 is 0. The summed E-state index contributed by atoms with van der Waals surface area (Å²) in [5, 5.41) is 5.87. The summed E-state index contributed by atoms with van der Waals surface area (Å²) in [6.45, 7) is 3.20. The van der Waals surface area contributed by atoms with Crippen LogP contribution in [0.1, 0.15) is 12.0 Å². The maximum atomic E-state index is 11.4. The van der Waals surface area contributed by atoms with E-state index in [1.54, 1.807) is 0 Å². The highest BCUT2D eigenvalue weighted by Gasteiger charge is 2.02. The fourth-order valence-electron chi connectivity index (χ4n) is 1.69. The maximum absolute atomic E-state index is 11.4. The third-order valence-electron chi connectivity index (χ3n) is 2.71. The Kier molecular flexibility index (Phi) is 14.2. The summed E-state index contributed by atoms with van der Waals surface area (Å²) in [4.78, 5) is 13.6. The highest BCUT2D eigenvalue weighted by Crippen LogP contribution is 2.01. The average Bonchev–Trinajstić information content (AvgIpc) is 2.37. The molecule has 0 unspecified atom stereocenters. The van der Waals surface area contributed by atoms with E-state index in [0.29, 0.717) is 13.0 Å². The summed E-state index contributed by atoms with van der Waals surface area (Å²) in [6.07, 6.45) is 0.541. The van der Waals surface area contributed by atoms with Crippen molar-refractivity contribution in [2.75, 3.05) is 33.7 Å². The van der Waals surface area contributed by atoms with Gasteiger partial charge in [-0.15, -0.1) is 24.8 Å². The second kappa shape index (κ2) is 13.2. The molecule has 0 saturated carbocycles. The van der Waals surface area contributed by atoms with Crippen molar-refractivity contribution < 1.29 is 4.79 Å². The zero-order chi connectivity index (χ0) is 13.2. The standard InChI is InChI=1S/C14H23N3O.2ClH/c1-15-9-8-14(18)16-10-11-17(2)12-13-6-4-3-5-7-13;;/h3-7,15H,8-12H2,1-2H3,(H,16,18);2*1H. The number of hydrogen-bond acceptors (Lipinski definition) is 3. The lowest BCUT2D eigenvalue weighted by Crippen LogP contribution is -2.33. The summed E-state index contributed by atoms with van der Waals surface area (Å²) in [5.74, 6) is 0.109. The lowest BCUT2D eigenvalue weighted by Gasteiger charge is -2.17. The van der Waals surface area contributed by atoms with Gasteiger partial charge in [0.05, 0.1) is 0 Å². The van der Waals surface area contributed by atoms with Gasteiger partial charge in [-0.05, 0) is 19.7 Å². The van der Waals surface area contributed by atoms with E-state index in [4.69, 9.17) is 0 Å². The van der Waals surface area contributed by atoms with Crippen molar-refractivity contribution >= 4 is 30.7 Å². The number of nitrogens with zero attached hydrogens (tertiary/aromatic N) is 1. The van der Waals surface area contributed by atoms with Gasteiger partial charge >= 0.3 is 0 Å². The van der Waals surface area contributed by atoms with Gasteiger partial charge < -0.3 is 15.5 Å². The van der Waals surface area contributed by atoms with Gasteiger partial charge in [0.25, 0.3) is 0 Å². The van der Waals surface area contributed by atoms with Crippen LogP contribution < -0.4 is 10.6 Å². The molecule has 0 aromatic heterocycles. The van der Waals surface area contributed by atoms with Gasteiger partial charge in [-0.25, -0.2) is 0 Å². The number of likely N-dealkylation sites (N-methyl/N-ethyl adjacent to an activating group) is 1. The third-order valence-corrected chi connectivity index (χ3v) is 2.71. The highest BCUT2D eigenvalue weighted by molar-refractivity contribution is 5.85. The van der Waals surface area contributed by atoms with E-state index in [1.807, 2.05) is 25.2 Å². The number of halogens is 2. The molecule has 2 N–H and O–H groups in total. The number of amides is 1. The Bertz CT molecular complexity index is 350. The number of carbonyl (C=O) groups excluding carboxylic acids is 1. The lowest BCUT2D eigenvalue weighted by atomic mass is 10.2. The fourth-order valence-corrected chi connectivity index (χ4v) is 1.69. The molecule has 1 rings (SSSR count). The van der Waals surface area contributed by atoms with Gasteiger partial charge in [-0.2, -0.15) is 0 Å². The number of nitrogens with one attached hydrogen (secondary N) is 2. The Morgan fingerprint density at radius 2 is 1.80 bits per heavy atom. The fraction of sp³-hybridized carbons (Fsp3) is 0.500. The van der Waals surface area contributed by atoms with Gasteiger partial charge in [0.1, 0.15) is 0 Å². The van der Waals surface area contributed by atoms with Crippen LogP contribution in [0, 0.1) is 0 Å². The third kappa shape index (κ3) is 10.0. The van der Waals surface area contributed by atoms with Gasteiger partial charge in [0.15, 0.2) is 0 Å². The molecule has 0 bridgehead atoms. The van der Waals surface area contributed by atoms with Crippen LogP contribution in [0.4, 0.5) is 0 Å². The molecule has 0 aliphatic heterocycles. The van der Waals surface area contributed by atoms with Crippen LogP contribution >= 0.6 is 24.8 Å². The van der Waals surface area contributed by atoms with Crippen molar-refractivity contribution in [1.29, 1.82) is 0 Å². The second-order valence-electron chi connectivity index (χ2n) is 4.43. The minimum Gasteiger partial charge on any atom is -0.355 e. The van der Waals surface area contributed by atoms with Crippen LogP contribution in [0.15, 0.2) is 30.3 Å². The molecule has 20 heavy (non-hydrogen) atoms. The minimum absolute atomic E-state index is 0. The Labute approximate surface area is 134 Å². The van der Waals surface area contributed by atoms with Crippen LogP contribution in [0.3, 0.4) is 0 Å². The lowest BCUT2D eigenvalue weighted by molar-refractivity contribution is -0.121. The minimum atomic E-state index is 0. The van der Waals surface area contributed by atoms with Gasteiger partial charge in [0.2, 0.25) is 5.91 Å². The van der Waals surface area contributed by atoms with Gasteiger partial charge in [-0.1, -0.05) is 30.3 Å². The van der Waals surface area contributed by atoms with E-state index in [-0.39, 0.29) is 30.7 Å². The molecular formula is C14H25Cl2N3O. The molecule has 0 aliphatic rings. The first-order valence-electron chi connectivity index (χ1n) is 6.36. The number of carbonyl (C=O) groups is 1. The first kappa shape index (κ1) is 21.5. The van der Waals surface area contributed by atoms with E-state index in [0.717, 1.165) is 19.6 Å². The molecule has 116 valence electrons. The van der Waals surface area contributed by atoms with E-state index < -0.39 is 0 Å². The zero-order valence-electron chi connectivity index (χ0n) is 12.1. The Morgan fingerprint density at radius 3 is 2.40 bits per heavy atom. The van der Waals surface area contributed by atoms with Gasteiger partial charge in [-0.3, -0.25) is 4.79 Å². The van der Waals surface area contributed by atoms with Crippen LogP contribution in [-0.2, 0) is 11.3 Å². The van der Waals surface area contributed by atoms with Gasteiger partial charge in [0, 0.05) is 32.6 Å². The van der Waals surface area contributed by atoms with Crippen molar-refractivity contribution in [2.45, 2.75) is 13.0 Å². The molecule has 0 fully saturated rings. The molecule has 0 atom stereocenters. The molecule has 1 aromatic carbocycles.